The van der Waals surface area contributed by atoms with Crippen molar-refractivity contribution in [1.29, 1.82) is 0 Å². The van der Waals surface area contributed by atoms with Crippen molar-refractivity contribution in [2.75, 3.05) is 10.6 Å². The van der Waals surface area contributed by atoms with E-state index in [1.807, 2.05) is 0 Å². The zero-order valence-corrected chi connectivity index (χ0v) is 15.8. The largest absolute Gasteiger partial charge is 0.493 e. The summed E-state index contributed by atoms with van der Waals surface area (Å²) in [6, 6.07) is 8.96. The number of hydrogen-bond donors (Lipinski definition) is 2. The lowest BCUT2D eigenvalue weighted by molar-refractivity contribution is -0.199. The summed E-state index contributed by atoms with van der Waals surface area (Å²) in [5.74, 6) is -4.08. The van der Waals surface area contributed by atoms with Gasteiger partial charge in [0.15, 0.2) is 5.69 Å². The lowest BCUT2D eigenvalue weighted by Gasteiger charge is -2.09. The highest BCUT2D eigenvalue weighted by Crippen LogP contribution is 2.20. The molecule has 10 nitrogen and oxygen atoms in total. The number of aromatic nitrogens is 3. The minimum atomic E-state index is -5.29. The third kappa shape index (κ3) is 5.76. The van der Waals surface area contributed by atoms with Crippen molar-refractivity contribution in [2.45, 2.75) is 6.18 Å². The Labute approximate surface area is 176 Å². The van der Waals surface area contributed by atoms with E-state index in [-0.39, 0.29) is 22.8 Å². The number of alkyl halides is 3. The van der Waals surface area contributed by atoms with E-state index >= 15 is 0 Å². The number of amides is 1. The predicted molar refractivity (Wildman–Crippen MR) is 100 cm³/mol. The van der Waals surface area contributed by atoms with Gasteiger partial charge in [-0.05, 0) is 40.6 Å². The van der Waals surface area contributed by atoms with Gasteiger partial charge in [-0.15, -0.1) is 0 Å². The number of anilines is 2. The van der Waals surface area contributed by atoms with Gasteiger partial charge in [-0.3, -0.25) is 9.78 Å². The van der Waals surface area contributed by atoms with Crippen LogP contribution in [0.3, 0.4) is 0 Å². The fourth-order valence-corrected chi connectivity index (χ4v) is 2.26. The van der Waals surface area contributed by atoms with Gasteiger partial charge in [0.25, 0.3) is 5.91 Å². The van der Waals surface area contributed by atoms with Crippen molar-refractivity contribution in [3.05, 3.63) is 65.1 Å². The molecular weight excluding hydrogens is 445 g/mol. The lowest BCUT2D eigenvalue weighted by Crippen LogP contribution is -2.25. The summed E-state index contributed by atoms with van der Waals surface area (Å²) in [6.45, 7) is 0. The number of nitrogens with zero attached hydrogens (tertiary/aromatic N) is 4. The molecule has 0 fully saturated rings. The minimum Gasteiger partial charge on any atom is -0.335 e. The SMILES string of the molecule is O=C(Nc1nonc1/C(=N\OC(=O)C(F)(F)F)Nc1cccc(Cl)c1)c1cccnc1. The highest BCUT2D eigenvalue weighted by Gasteiger charge is 2.42. The Morgan fingerprint density at radius 2 is 1.94 bits per heavy atom. The number of carbonyl (C=O) groups is 2. The van der Waals surface area contributed by atoms with E-state index in [0.29, 0.717) is 5.02 Å². The molecule has 0 radical (unpaired) electrons. The molecule has 0 saturated carbocycles. The number of halogens is 4. The molecule has 0 aliphatic heterocycles. The van der Waals surface area contributed by atoms with Gasteiger partial charge in [-0.25, -0.2) is 9.42 Å². The Morgan fingerprint density at radius 1 is 1.13 bits per heavy atom. The normalized spacial score (nSPS) is 11.7. The molecule has 3 aromatic rings. The van der Waals surface area contributed by atoms with Gasteiger partial charge in [-0.1, -0.05) is 22.8 Å². The summed E-state index contributed by atoms with van der Waals surface area (Å²) in [6.07, 6.45) is -2.56. The number of hydrogen-bond acceptors (Lipinski definition) is 8. The van der Waals surface area contributed by atoms with Gasteiger partial charge >= 0.3 is 12.1 Å². The zero-order valence-electron chi connectivity index (χ0n) is 15.1. The number of benzene rings is 1. The first-order valence-electron chi connectivity index (χ1n) is 8.17. The monoisotopic (exact) mass is 454 g/mol. The summed E-state index contributed by atoms with van der Waals surface area (Å²) in [5, 5.41) is 15.4. The van der Waals surface area contributed by atoms with Crippen molar-refractivity contribution in [2.24, 2.45) is 5.16 Å². The van der Waals surface area contributed by atoms with Gasteiger partial charge in [0.1, 0.15) is 0 Å². The van der Waals surface area contributed by atoms with E-state index in [4.69, 9.17) is 11.6 Å². The van der Waals surface area contributed by atoms with E-state index in [9.17, 15) is 22.8 Å². The highest BCUT2D eigenvalue weighted by molar-refractivity contribution is 6.31. The molecule has 1 aromatic carbocycles. The van der Waals surface area contributed by atoms with E-state index in [1.54, 1.807) is 6.07 Å². The molecular formula is C17H10ClF3N6O4. The number of carbonyl (C=O) groups excluding carboxylic acids is 2. The first-order valence-corrected chi connectivity index (χ1v) is 8.55. The molecule has 160 valence electrons. The van der Waals surface area contributed by atoms with Gasteiger partial charge in [0.05, 0.1) is 5.56 Å². The van der Waals surface area contributed by atoms with Crippen LogP contribution in [0.25, 0.3) is 0 Å². The Hall–Kier alpha value is -4.00. The average molecular weight is 455 g/mol. The van der Waals surface area contributed by atoms with Crippen LogP contribution >= 0.6 is 11.6 Å². The maximum Gasteiger partial charge on any atom is 0.493 e. The first kappa shape index (κ1) is 21.7. The highest BCUT2D eigenvalue weighted by atomic mass is 35.5. The Bertz CT molecular complexity index is 1120. The van der Waals surface area contributed by atoms with Crippen molar-refractivity contribution in [1.82, 2.24) is 15.3 Å². The summed E-state index contributed by atoms with van der Waals surface area (Å²) >= 11 is 5.89. The molecule has 14 heteroatoms. The summed E-state index contributed by atoms with van der Waals surface area (Å²) in [7, 11) is 0. The van der Waals surface area contributed by atoms with E-state index in [1.165, 1.54) is 42.7 Å². The Balaban J connectivity index is 1.91. The second-order valence-corrected chi connectivity index (χ2v) is 6.05. The molecule has 0 atom stereocenters. The van der Waals surface area contributed by atoms with Gasteiger partial charge in [0.2, 0.25) is 11.7 Å². The number of oxime groups is 1. The maximum absolute atomic E-state index is 12.5. The standard InChI is InChI=1S/C17H10ClF3N6O4/c18-10-4-1-5-11(7-10)23-13(26-30-16(29)17(19,20)21)12-14(27-31-25-12)24-15(28)9-3-2-6-22-8-9/h1-8H,(H,23,26)(H,24,27,28). The average Bonchev–Trinajstić information content (AvgIpc) is 3.18. The summed E-state index contributed by atoms with van der Waals surface area (Å²) in [4.78, 5) is 31.1. The van der Waals surface area contributed by atoms with Gasteiger partial charge in [0, 0.05) is 23.1 Å². The van der Waals surface area contributed by atoms with Crippen LogP contribution in [0.5, 0.6) is 0 Å². The Morgan fingerprint density at radius 3 is 2.61 bits per heavy atom. The van der Waals surface area contributed by atoms with Crippen molar-refractivity contribution in [3.63, 3.8) is 0 Å². The van der Waals surface area contributed by atoms with Crippen LogP contribution in [0.2, 0.25) is 5.02 Å². The van der Waals surface area contributed by atoms with Gasteiger partial charge in [-0.2, -0.15) is 13.2 Å². The molecule has 0 aliphatic rings. The van der Waals surface area contributed by atoms with Crippen LogP contribution in [0.1, 0.15) is 16.1 Å². The lowest BCUT2D eigenvalue weighted by atomic mass is 10.2. The van der Waals surface area contributed by atoms with Crippen LogP contribution in [0.15, 0.2) is 58.6 Å². The van der Waals surface area contributed by atoms with Crippen molar-refractivity contribution < 1.29 is 32.2 Å². The molecule has 0 saturated heterocycles. The van der Waals surface area contributed by atoms with Crippen LogP contribution in [-0.4, -0.2) is 39.2 Å². The van der Waals surface area contributed by atoms with E-state index in [0.717, 1.165) is 0 Å². The molecule has 2 N–H and O–H groups in total. The van der Waals surface area contributed by atoms with Crippen LogP contribution < -0.4 is 10.6 Å². The topological polar surface area (TPSA) is 132 Å². The van der Waals surface area contributed by atoms with Crippen molar-refractivity contribution in [3.8, 4) is 0 Å². The van der Waals surface area contributed by atoms with E-state index < -0.39 is 23.9 Å². The molecule has 0 unspecified atom stereocenters. The molecule has 3 rings (SSSR count). The third-order valence-electron chi connectivity index (χ3n) is 3.41. The minimum absolute atomic E-state index is 0.154. The Kier molecular flexibility index (Phi) is 6.45. The second kappa shape index (κ2) is 9.21. The number of nitrogens with one attached hydrogen (secondary N) is 2. The van der Waals surface area contributed by atoms with Crippen LogP contribution in [0, 0.1) is 0 Å². The van der Waals surface area contributed by atoms with Crippen LogP contribution in [-0.2, 0) is 9.63 Å². The van der Waals surface area contributed by atoms with Crippen LogP contribution in [0.4, 0.5) is 24.7 Å². The van der Waals surface area contributed by atoms with Gasteiger partial charge < -0.3 is 15.5 Å². The smallest absolute Gasteiger partial charge is 0.335 e. The quantitative estimate of drug-likeness (QED) is 0.260. The molecule has 1 amide bonds. The number of pyridine rings is 1. The number of amidine groups is 1. The molecule has 2 aromatic heterocycles. The summed E-state index contributed by atoms with van der Waals surface area (Å²) < 4.78 is 42.0. The number of rotatable bonds is 5. The fraction of sp³-hybridized carbons (Fsp3) is 0.0588. The predicted octanol–water partition coefficient (Wildman–Crippen LogP) is 3.25. The summed E-state index contributed by atoms with van der Waals surface area (Å²) in [5.41, 5.74) is 0.0512. The third-order valence-corrected chi connectivity index (χ3v) is 3.64. The first-order chi connectivity index (χ1) is 14.7. The zero-order chi connectivity index (χ0) is 22.4. The molecule has 31 heavy (non-hydrogen) atoms. The molecule has 0 spiro atoms. The second-order valence-electron chi connectivity index (χ2n) is 5.61. The molecule has 0 aliphatic carbocycles. The maximum atomic E-state index is 12.5. The fourth-order valence-electron chi connectivity index (χ4n) is 2.07. The van der Waals surface area contributed by atoms with Crippen molar-refractivity contribution >= 4 is 40.8 Å². The molecule has 0 bridgehead atoms. The van der Waals surface area contributed by atoms with E-state index in [2.05, 4.69) is 40.6 Å². The molecule has 2 heterocycles.